The van der Waals surface area contributed by atoms with E-state index >= 15 is 0 Å². The van der Waals surface area contributed by atoms with Crippen LogP contribution in [0.1, 0.15) is 18.1 Å². The second-order valence-electron chi connectivity index (χ2n) is 5.51. The van der Waals surface area contributed by atoms with Gasteiger partial charge in [-0.2, -0.15) is 5.26 Å². The van der Waals surface area contributed by atoms with Gasteiger partial charge < -0.3 is 4.74 Å². The molecule has 0 saturated carbocycles. The monoisotopic (exact) mass is 315 g/mol. The summed E-state index contributed by atoms with van der Waals surface area (Å²) in [6.07, 6.45) is 0. The zero-order valence-corrected chi connectivity index (χ0v) is 13.4. The predicted molar refractivity (Wildman–Crippen MR) is 93.4 cm³/mol. The van der Waals surface area contributed by atoms with Crippen molar-refractivity contribution in [2.24, 2.45) is 0 Å². The van der Waals surface area contributed by atoms with Gasteiger partial charge in [0, 0.05) is 0 Å². The number of rotatable bonds is 4. The number of carbonyl (C=O) groups is 1. The van der Waals surface area contributed by atoms with Crippen molar-refractivity contribution in [1.82, 2.24) is 0 Å². The fraction of sp³-hybridized carbons (Fsp3) is 0.143. The van der Waals surface area contributed by atoms with Crippen LogP contribution in [0.4, 0.5) is 0 Å². The number of benzene rings is 3. The number of carbonyl (C=O) groups excluding carboxylic acids is 1. The summed E-state index contributed by atoms with van der Waals surface area (Å²) in [7, 11) is 0. The van der Waals surface area contributed by atoms with E-state index in [0.717, 1.165) is 10.8 Å². The molecular formula is C21H17NO2. The van der Waals surface area contributed by atoms with Gasteiger partial charge in [0.05, 0.1) is 12.7 Å². The van der Waals surface area contributed by atoms with Crippen molar-refractivity contribution in [2.45, 2.75) is 12.3 Å². The number of nitrogens with zero attached hydrogens (tertiary/aromatic N) is 1. The molecule has 0 aromatic heterocycles. The van der Waals surface area contributed by atoms with E-state index in [-0.39, 0.29) is 6.61 Å². The Morgan fingerprint density at radius 2 is 1.62 bits per heavy atom. The maximum atomic E-state index is 12.8. The number of ether oxygens (including phenoxy) is 1. The summed E-state index contributed by atoms with van der Waals surface area (Å²) >= 11 is 0. The minimum absolute atomic E-state index is 0.225. The molecule has 1 atom stereocenters. The van der Waals surface area contributed by atoms with E-state index in [4.69, 9.17) is 4.74 Å². The van der Waals surface area contributed by atoms with Gasteiger partial charge in [0.2, 0.25) is 5.41 Å². The number of hydrogen-bond acceptors (Lipinski definition) is 3. The second kappa shape index (κ2) is 6.55. The van der Waals surface area contributed by atoms with Crippen molar-refractivity contribution in [3.05, 3.63) is 83.9 Å². The molecule has 0 amide bonds. The van der Waals surface area contributed by atoms with Crippen molar-refractivity contribution in [1.29, 1.82) is 5.26 Å². The molecule has 0 heterocycles. The molecule has 0 N–H and O–H groups in total. The van der Waals surface area contributed by atoms with Crippen LogP contribution in [-0.4, -0.2) is 12.6 Å². The summed E-state index contributed by atoms with van der Waals surface area (Å²) in [5.74, 6) is -0.547. The van der Waals surface area contributed by atoms with Crippen LogP contribution in [0.3, 0.4) is 0 Å². The molecule has 0 unspecified atom stereocenters. The largest absolute Gasteiger partial charge is 0.464 e. The first-order valence-corrected chi connectivity index (χ1v) is 7.85. The molecule has 0 fully saturated rings. The highest BCUT2D eigenvalue weighted by Crippen LogP contribution is 2.35. The third-order valence-corrected chi connectivity index (χ3v) is 4.14. The van der Waals surface area contributed by atoms with Crippen molar-refractivity contribution in [2.75, 3.05) is 6.61 Å². The first-order valence-electron chi connectivity index (χ1n) is 7.85. The summed E-state index contributed by atoms with van der Waals surface area (Å²) in [6, 6.07) is 24.8. The van der Waals surface area contributed by atoms with Crippen molar-refractivity contribution < 1.29 is 9.53 Å². The van der Waals surface area contributed by atoms with Crippen LogP contribution < -0.4 is 0 Å². The Morgan fingerprint density at radius 1 is 0.958 bits per heavy atom. The van der Waals surface area contributed by atoms with E-state index in [1.165, 1.54) is 0 Å². The van der Waals surface area contributed by atoms with Crippen molar-refractivity contribution >= 4 is 16.7 Å². The molecular weight excluding hydrogens is 298 g/mol. The lowest BCUT2D eigenvalue weighted by Gasteiger charge is -2.25. The average molecular weight is 315 g/mol. The van der Waals surface area contributed by atoms with Crippen LogP contribution >= 0.6 is 0 Å². The zero-order chi connectivity index (χ0) is 17.0. The molecule has 24 heavy (non-hydrogen) atoms. The molecule has 118 valence electrons. The molecule has 0 aliphatic rings. The smallest absolute Gasteiger partial charge is 0.335 e. The molecule has 3 nitrogen and oxygen atoms in total. The van der Waals surface area contributed by atoms with Gasteiger partial charge in [0.15, 0.2) is 0 Å². The Hall–Kier alpha value is -3.12. The minimum Gasteiger partial charge on any atom is -0.464 e. The van der Waals surface area contributed by atoms with Gasteiger partial charge in [0.1, 0.15) is 0 Å². The lowest BCUT2D eigenvalue weighted by Crippen LogP contribution is -2.37. The van der Waals surface area contributed by atoms with Crippen LogP contribution in [0.25, 0.3) is 10.8 Å². The second-order valence-corrected chi connectivity index (χ2v) is 5.51. The quantitative estimate of drug-likeness (QED) is 0.678. The molecule has 3 rings (SSSR count). The van der Waals surface area contributed by atoms with E-state index < -0.39 is 11.4 Å². The van der Waals surface area contributed by atoms with Gasteiger partial charge in [-0.1, -0.05) is 66.7 Å². The molecule has 3 aromatic rings. The van der Waals surface area contributed by atoms with Crippen LogP contribution in [0.2, 0.25) is 0 Å². The lowest BCUT2D eigenvalue weighted by atomic mass is 9.75. The third-order valence-electron chi connectivity index (χ3n) is 4.14. The fourth-order valence-electron chi connectivity index (χ4n) is 2.93. The predicted octanol–water partition coefficient (Wildman–Crippen LogP) is 4.21. The van der Waals surface area contributed by atoms with E-state index in [2.05, 4.69) is 6.07 Å². The highest BCUT2D eigenvalue weighted by Gasteiger charge is 2.44. The van der Waals surface area contributed by atoms with Gasteiger partial charge in [-0.3, -0.25) is 0 Å². The normalized spacial score (nSPS) is 13.0. The van der Waals surface area contributed by atoms with Crippen molar-refractivity contribution in [3.63, 3.8) is 0 Å². The molecule has 3 heteroatoms. The maximum absolute atomic E-state index is 12.8. The van der Waals surface area contributed by atoms with E-state index in [1.807, 2.05) is 60.7 Å². The van der Waals surface area contributed by atoms with Crippen LogP contribution in [0.5, 0.6) is 0 Å². The first kappa shape index (κ1) is 15.8. The molecule has 0 spiro atoms. The van der Waals surface area contributed by atoms with Gasteiger partial charge in [-0.05, 0) is 34.9 Å². The topological polar surface area (TPSA) is 50.1 Å². The number of nitriles is 1. The van der Waals surface area contributed by atoms with Gasteiger partial charge in [-0.25, -0.2) is 4.79 Å². The van der Waals surface area contributed by atoms with E-state index in [0.29, 0.717) is 11.1 Å². The summed E-state index contributed by atoms with van der Waals surface area (Å²) in [4.78, 5) is 12.8. The molecule has 3 aromatic carbocycles. The number of esters is 1. The Kier molecular flexibility index (Phi) is 4.31. The van der Waals surface area contributed by atoms with Crippen LogP contribution in [0.15, 0.2) is 72.8 Å². The molecule has 0 saturated heterocycles. The average Bonchev–Trinajstić information content (AvgIpc) is 2.64. The minimum atomic E-state index is -1.47. The number of fused-ring (bicyclic) bond motifs is 1. The zero-order valence-electron chi connectivity index (χ0n) is 13.4. The summed E-state index contributed by atoms with van der Waals surface area (Å²) in [5, 5.41) is 12.0. The van der Waals surface area contributed by atoms with E-state index in [9.17, 15) is 10.1 Å². The molecule has 0 aliphatic carbocycles. The molecule has 0 bridgehead atoms. The van der Waals surface area contributed by atoms with Crippen molar-refractivity contribution in [3.8, 4) is 6.07 Å². The SMILES string of the molecule is CCOC(=O)[C@](C#N)(c1ccccc1)c1ccc2ccccc2c1. The highest BCUT2D eigenvalue weighted by molar-refractivity contribution is 5.93. The summed E-state index contributed by atoms with van der Waals surface area (Å²) in [5.41, 5.74) is -0.240. The first-order chi connectivity index (χ1) is 11.7. The Labute approximate surface area is 141 Å². The Morgan fingerprint density at radius 3 is 2.29 bits per heavy atom. The van der Waals surface area contributed by atoms with E-state index in [1.54, 1.807) is 19.1 Å². The van der Waals surface area contributed by atoms with Crippen LogP contribution in [0, 0.1) is 11.3 Å². The summed E-state index contributed by atoms with van der Waals surface area (Å²) < 4.78 is 5.26. The fourth-order valence-corrected chi connectivity index (χ4v) is 2.93. The van der Waals surface area contributed by atoms with Gasteiger partial charge in [0.25, 0.3) is 0 Å². The summed E-state index contributed by atoms with van der Waals surface area (Å²) in [6.45, 7) is 1.97. The van der Waals surface area contributed by atoms with Gasteiger partial charge in [-0.15, -0.1) is 0 Å². The van der Waals surface area contributed by atoms with Gasteiger partial charge >= 0.3 is 5.97 Å². The molecule has 0 radical (unpaired) electrons. The number of hydrogen-bond donors (Lipinski definition) is 0. The Balaban J connectivity index is 2.27. The van der Waals surface area contributed by atoms with Crippen LogP contribution in [-0.2, 0) is 14.9 Å². The lowest BCUT2D eigenvalue weighted by molar-refractivity contribution is -0.146. The molecule has 0 aliphatic heterocycles. The highest BCUT2D eigenvalue weighted by atomic mass is 16.5. The Bertz CT molecular complexity index is 912. The third kappa shape index (κ3) is 2.53. The maximum Gasteiger partial charge on any atom is 0.335 e. The standard InChI is InChI=1S/C21H17NO2/c1-2-24-20(23)21(15-22,18-10-4-3-5-11-18)19-13-12-16-8-6-7-9-17(16)14-19/h3-14H,2H2,1H3/t21-/m1/s1.